The molecule has 1 aromatic heterocycles. The molecule has 0 radical (unpaired) electrons. The molecule has 0 bridgehead atoms. The van der Waals surface area contributed by atoms with Crippen molar-refractivity contribution in [1.82, 2.24) is 9.55 Å². The number of hydrogen-bond acceptors (Lipinski definition) is 2. The van der Waals surface area contributed by atoms with E-state index in [9.17, 15) is 9.59 Å². The average molecular weight is 279 g/mol. The van der Waals surface area contributed by atoms with Crippen LogP contribution >= 0.6 is 11.6 Å². The van der Waals surface area contributed by atoms with Crippen molar-refractivity contribution < 1.29 is 0 Å². The van der Waals surface area contributed by atoms with Gasteiger partial charge < -0.3 is 0 Å². The van der Waals surface area contributed by atoms with Crippen molar-refractivity contribution in [3.8, 4) is 0 Å². The highest BCUT2D eigenvalue weighted by atomic mass is 35.5. The molecule has 0 saturated heterocycles. The molecular weight excluding hydrogens is 264 g/mol. The van der Waals surface area contributed by atoms with Crippen LogP contribution in [-0.2, 0) is 6.54 Å². The highest BCUT2D eigenvalue weighted by molar-refractivity contribution is 6.30. The first kappa shape index (κ1) is 13.6. The monoisotopic (exact) mass is 278 g/mol. The number of halogens is 1. The van der Waals surface area contributed by atoms with Gasteiger partial charge in [0.2, 0.25) is 0 Å². The predicted molar refractivity (Wildman–Crippen MR) is 76.0 cm³/mol. The van der Waals surface area contributed by atoms with Crippen molar-refractivity contribution in [1.29, 1.82) is 0 Å². The van der Waals surface area contributed by atoms with Crippen molar-refractivity contribution in [3.63, 3.8) is 0 Å². The fraction of sp³-hybridized carbons (Fsp3) is 0.286. The molecule has 0 fully saturated rings. The Kier molecular flexibility index (Phi) is 3.90. The van der Waals surface area contributed by atoms with Gasteiger partial charge in [0.1, 0.15) is 5.15 Å². The normalized spacial score (nSPS) is 10.9. The molecule has 1 aromatic carbocycles. The van der Waals surface area contributed by atoms with E-state index in [0.717, 1.165) is 5.56 Å². The number of benzene rings is 1. The van der Waals surface area contributed by atoms with E-state index >= 15 is 0 Å². The van der Waals surface area contributed by atoms with Crippen molar-refractivity contribution in [3.05, 3.63) is 67.4 Å². The minimum atomic E-state index is -0.483. The fourth-order valence-electron chi connectivity index (χ4n) is 1.97. The van der Waals surface area contributed by atoms with Crippen LogP contribution in [0.3, 0.4) is 0 Å². The van der Waals surface area contributed by atoms with Gasteiger partial charge in [0.15, 0.2) is 0 Å². The summed E-state index contributed by atoms with van der Waals surface area (Å²) >= 11 is 5.94. The molecule has 0 aliphatic rings. The maximum Gasteiger partial charge on any atom is 0.329 e. The van der Waals surface area contributed by atoms with E-state index in [4.69, 9.17) is 11.6 Å². The first-order valence-corrected chi connectivity index (χ1v) is 6.45. The summed E-state index contributed by atoms with van der Waals surface area (Å²) in [5.41, 5.74) is 0.528. The van der Waals surface area contributed by atoms with E-state index in [2.05, 4.69) is 4.98 Å². The smallest absolute Gasteiger partial charge is 0.297 e. The van der Waals surface area contributed by atoms with Gasteiger partial charge in [-0.3, -0.25) is 14.3 Å². The molecule has 19 heavy (non-hydrogen) atoms. The Bertz CT molecular complexity index is 687. The number of nitrogens with one attached hydrogen (secondary N) is 1. The fourth-order valence-corrected chi connectivity index (χ4v) is 2.35. The average Bonchev–Trinajstić information content (AvgIpc) is 2.35. The van der Waals surface area contributed by atoms with Crippen LogP contribution < -0.4 is 11.2 Å². The second-order valence-corrected chi connectivity index (χ2v) is 5.07. The van der Waals surface area contributed by atoms with Crippen LogP contribution in [0.5, 0.6) is 0 Å². The van der Waals surface area contributed by atoms with Gasteiger partial charge in [-0.25, -0.2) is 4.79 Å². The molecule has 0 atom stereocenters. The lowest BCUT2D eigenvalue weighted by Gasteiger charge is -2.11. The van der Waals surface area contributed by atoms with Gasteiger partial charge in [0, 0.05) is 0 Å². The standard InChI is InChI=1S/C14H15ClN2O2/c1-9(2)11-12(15)16-14(19)17(13(11)18)8-10-6-4-3-5-7-10/h3-7,9H,8H2,1-2H3,(H,16,19). The van der Waals surface area contributed by atoms with Gasteiger partial charge in [-0.05, 0) is 11.5 Å². The lowest BCUT2D eigenvalue weighted by Crippen LogP contribution is -2.38. The number of hydrogen-bond donors (Lipinski definition) is 1. The van der Waals surface area contributed by atoms with Gasteiger partial charge in [0.05, 0.1) is 12.1 Å². The maximum atomic E-state index is 12.3. The molecule has 4 nitrogen and oxygen atoms in total. The van der Waals surface area contributed by atoms with Crippen LogP contribution in [0.1, 0.15) is 30.9 Å². The summed E-state index contributed by atoms with van der Waals surface area (Å²) in [6, 6.07) is 9.37. The third-order valence-corrected chi connectivity index (χ3v) is 3.23. The Labute approximate surface area is 115 Å². The minimum absolute atomic E-state index is 0.0427. The van der Waals surface area contributed by atoms with E-state index in [1.54, 1.807) is 0 Å². The summed E-state index contributed by atoms with van der Waals surface area (Å²) in [7, 11) is 0. The van der Waals surface area contributed by atoms with Crippen LogP contribution in [0.25, 0.3) is 0 Å². The molecule has 2 aromatic rings. The summed E-state index contributed by atoms with van der Waals surface area (Å²) in [5, 5.41) is 0.134. The number of rotatable bonds is 3. The summed E-state index contributed by atoms with van der Waals surface area (Å²) in [6.07, 6.45) is 0. The second-order valence-electron chi connectivity index (χ2n) is 4.69. The molecule has 100 valence electrons. The van der Waals surface area contributed by atoms with Gasteiger partial charge in [-0.1, -0.05) is 55.8 Å². The zero-order valence-electron chi connectivity index (χ0n) is 10.8. The molecule has 5 heteroatoms. The molecule has 0 unspecified atom stereocenters. The molecule has 0 amide bonds. The quantitative estimate of drug-likeness (QED) is 0.877. The Hall–Kier alpha value is -1.81. The third-order valence-electron chi connectivity index (χ3n) is 2.93. The van der Waals surface area contributed by atoms with E-state index in [-0.39, 0.29) is 23.2 Å². The predicted octanol–water partition coefficient (Wildman–Crippen LogP) is 2.36. The largest absolute Gasteiger partial charge is 0.329 e. The zero-order chi connectivity index (χ0) is 14.0. The van der Waals surface area contributed by atoms with Crippen molar-refractivity contribution in [2.45, 2.75) is 26.3 Å². The Morgan fingerprint density at radius 1 is 1.21 bits per heavy atom. The molecule has 1 heterocycles. The lowest BCUT2D eigenvalue weighted by atomic mass is 10.1. The summed E-state index contributed by atoms with van der Waals surface area (Å²) in [4.78, 5) is 26.7. The molecular formula is C14H15ClN2O2. The minimum Gasteiger partial charge on any atom is -0.297 e. The SMILES string of the molecule is CC(C)c1c(Cl)[nH]c(=O)n(Cc2ccccc2)c1=O. The van der Waals surface area contributed by atoms with Gasteiger partial charge in [-0.2, -0.15) is 0 Å². The molecule has 2 rings (SSSR count). The van der Waals surface area contributed by atoms with Crippen LogP contribution in [0.2, 0.25) is 5.15 Å². The molecule has 0 spiro atoms. The number of H-pyrrole nitrogens is 1. The van der Waals surface area contributed by atoms with E-state index in [1.165, 1.54) is 4.57 Å². The van der Waals surface area contributed by atoms with Gasteiger partial charge in [0.25, 0.3) is 5.56 Å². The third kappa shape index (κ3) is 2.79. The molecule has 1 N–H and O–H groups in total. The van der Waals surface area contributed by atoms with Crippen LogP contribution in [0.15, 0.2) is 39.9 Å². The molecule has 0 saturated carbocycles. The van der Waals surface area contributed by atoms with E-state index in [1.807, 2.05) is 44.2 Å². The second kappa shape index (κ2) is 5.45. The summed E-state index contributed by atoms with van der Waals surface area (Å²) < 4.78 is 1.18. The van der Waals surface area contributed by atoms with E-state index in [0.29, 0.717) is 5.56 Å². The maximum absolute atomic E-state index is 12.3. The van der Waals surface area contributed by atoms with Gasteiger partial charge >= 0.3 is 5.69 Å². The Morgan fingerprint density at radius 3 is 2.42 bits per heavy atom. The number of nitrogens with zero attached hydrogens (tertiary/aromatic N) is 1. The Balaban J connectivity index is 2.56. The lowest BCUT2D eigenvalue weighted by molar-refractivity contribution is 0.670. The highest BCUT2D eigenvalue weighted by Crippen LogP contribution is 2.16. The summed E-state index contributed by atoms with van der Waals surface area (Å²) in [5.74, 6) is -0.0427. The Morgan fingerprint density at radius 2 is 1.84 bits per heavy atom. The highest BCUT2D eigenvalue weighted by Gasteiger charge is 2.15. The van der Waals surface area contributed by atoms with Crippen LogP contribution in [0.4, 0.5) is 0 Å². The zero-order valence-corrected chi connectivity index (χ0v) is 11.6. The van der Waals surface area contributed by atoms with Crippen LogP contribution in [-0.4, -0.2) is 9.55 Å². The van der Waals surface area contributed by atoms with E-state index < -0.39 is 5.69 Å². The van der Waals surface area contributed by atoms with Gasteiger partial charge in [-0.15, -0.1) is 0 Å². The molecule has 0 aliphatic heterocycles. The number of aromatic nitrogens is 2. The van der Waals surface area contributed by atoms with Crippen molar-refractivity contribution >= 4 is 11.6 Å². The van der Waals surface area contributed by atoms with Crippen LogP contribution in [0, 0.1) is 0 Å². The number of aromatic amines is 1. The first-order chi connectivity index (χ1) is 9.00. The first-order valence-electron chi connectivity index (χ1n) is 6.07. The topological polar surface area (TPSA) is 54.9 Å². The van der Waals surface area contributed by atoms with Crippen molar-refractivity contribution in [2.24, 2.45) is 0 Å². The van der Waals surface area contributed by atoms with Crippen molar-refractivity contribution in [2.75, 3.05) is 0 Å². The molecule has 0 aliphatic carbocycles. The summed E-state index contributed by atoms with van der Waals surface area (Å²) in [6.45, 7) is 3.98.